The van der Waals surface area contributed by atoms with Crippen molar-refractivity contribution in [2.75, 3.05) is 6.61 Å². The summed E-state index contributed by atoms with van der Waals surface area (Å²) in [6.45, 7) is 3.55. The van der Waals surface area contributed by atoms with Gasteiger partial charge in [0.15, 0.2) is 6.29 Å². The molecule has 0 N–H and O–H groups in total. The standard InChI is InChI=1S/C19H19NO2/c1-15-6-4-7-17(12-15)22-11-5-10-20-13-16(14-21)18-8-2-3-9-19(18)20/h2-4,6-9,12-14H,5,10-11H2,1H3. The van der Waals surface area contributed by atoms with Crippen molar-refractivity contribution in [2.24, 2.45) is 0 Å². The van der Waals surface area contributed by atoms with E-state index in [2.05, 4.69) is 17.6 Å². The average molecular weight is 293 g/mol. The zero-order valence-electron chi connectivity index (χ0n) is 12.7. The molecule has 3 aromatic rings. The molecular formula is C19H19NO2. The number of ether oxygens (including phenoxy) is 1. The zero-order valence-corrected chi connectivity index (χ0v) is 12.7. The molecule has 0 spiro atoms. The number of fused-ring (bicyclic) bond motifs is 1. The van der Waals surface area contributed by atoms with Crippen LogP contribution in [0, 0.1) is 6.92 Å². The molecule has 0 aliphatic rings. The van der Waals surface area contributed by atoms with Gasteiger partial charge in [-0.25, -0.2) is 0 Å². The molecule has 3 nitrogen and oxygen atoms in total. The molecule has 0 fully saturated rings. The van der Waals surface area contributed by atoms with Crippen LogP contribution in [0.15, 0.2) is 54.7 Å². The molecule has 3 heteroatoms. The molecule has 0 amide bonds. The fraction of sp³-hybridized carbons (Fsp3) is 0.211. The fourth-order valence-corrected chi connectivity index (χ4v) is 2.68. The monoisotopic (exact) mass is 293 g/mol. The Bertz CT molecular complexity index is 789. The van der Waals surface area contributed by atoms with Gasteiger partial charge in [0.05, 0.1) is 6.61 Å². The minimum absolute atomic E-state index is 0.659. The topological polar surface area (TPSA) is 31.2 Å². The van der Waals surface area contributed by atoms with Crippen LogP contribution in [0.4, 0.5) is 0 Å². The minimum Gasteiger partial charge on any atom is -0.494 e. The second kappa shape index (κ2) is 6.48. The summed E-state index contributed by atoms with van der Waals surface area (Å²) >= 11 is 0. The lowest BCUT2D eigenvalue weighted by Gasteiger charge is -2.08. The normalized spacial score (nSPS) is 10.8. The molecule has 0 saturated heterocycles. The first-order valence-corrected chi connectivity index (χ1v) is 7.50. The summed E-state index contributed by atoms with van der Waals surface area (Å²) in [6, 6.07) is 16.1. The van der Waals surface area contributed by atoms with Crippen LogP contribution in [-0.2, 0) is 6.54 Å². The van der Waals surface area contributed by atoms with E-state index in [-0.39, 0.29) is 0 Å². The number of hydrogen-bond acceptors (Lipinski definition) is 2. The third kappa shape index (κ3) is 3.03. The highest BCUT2D eigenvalue weighted by Crippen LogP contribution is 2.20. The third-order valence-corrected chi connectivity index (χ3v) is 3.75. The summed E-state index contributed by atoms with van der Waals surface area (Å²) in [7, 11) is 0. The Hall–Kier alpha value is -2.55. The smallest absolute Gasteiger partial charge is 0.152 e. The first-order valence-electron chi connectivity index (χ1n) is 7.50. The van der Waals surface area contributed by atoms with Gasteiger partial charge >= 0.3 is 0 Å². The van der Waals surface area contributed by atoms with E-state index < -0.39 is 0 Å². The van der Waals surface area contributed by atoms with Crippen molar-refractivity contribution in [1.29, 1.82) is 0 Å². The van der Waals surface area contributed by atoms with Crippen LogP contribution in [0.3, 0.4) is 0 Å². The van der Waals surface area contributed by atoms with Crippen LogP contribution >= 0.6 is 0 Å². The van der Waals surface area contributed by atoms with Crippen LogP contribution in [0.2, 0.25) is 0 Å². The molecule has 1 aromatic heterocycles. The van der Waals surface area contributed by atoms with Gasteiger partial charge in [-0.3, -0.25) is 4.79 Å². The predicted molar refractivity (Wildman–Crippen MR) is 88.6 cm³/mol. The third-order valence-electron chi connectivity index (χ3n) is 3.75. The first-order chi connectivity index (χ1) is 10.8. The van der Waals surface area contributed by atoms with Crippen molar-refractivity contribution in [2.45, 2.75) is 19.9 Å². The van der Waals surface area contributed by atoms with Gasteiger partial charge in [0.2, 0.25) is 0 Å². The van der Waals surface area contributed by atoms with E-state index in [0.29, 0.717) is 6.61 Å². The molecule has 2 aromatic carbocycles. The number of nitrogens with zero attached hydrogens (tertiary/aromatic N) is 1. The Balaban J connectivity index is 1.63. The van der Waals surface area contributed by atoms with Crippen LogP contribution < -0.4 is 4.74 Å². The Labute approximate surface area is 130 Å². The fourth-order valence-electron chi connectivity index (χ4n) is 2.68. The van der Waals surface area contributed by atoms with Crippen LogP contribution in [0.1, 0.15) is 22.3 Å². The van der Waals surface area contributed by atoms with Crippen molar-refractivity contribution in [3.8, 4) is 5.75 Å². The largest absolute Gasteiger partial charge is 0.494 e. The molecule has 112 valence electrons. The summed E-state index contributed by atoms with van der Waals surface area (Å²) < 4.78 is 7.89. The summed E-state index contributed by atoms with van der Waals surface area (Å²) in [4.78, 5) is 11.1. The van der Waals surface area contributed by atoms with Crippen molar-refractivity contribution in [3.63, 3.8) is 0 Å². The molecule has 1 heterocycles. The number of aromatic nitrogens is 1. The molecule has 0 saturated carbocycles. The molecule has 0 aliphatic heterocycles. The van der Waals surface area contributed by atoms with E-state index >= 15 is 0 Å². The SMILES string of the molecule is Cc1cccc(OCCCn2cc(C=O)c3ccccc32)c1. The van der Waals surface area contributed by atoms with E-state index in [4.69, 9.17) is 4.74 Å². The van der Waals surface area contributed by atoms with Crippen LogP contribution in [0.25, 0.3) is 10.9 Å². The van der Waals surface area contributed by atoms with Gasteiger partial charge in [0, 0.05) is 29.2 Å². The molecule has 3 rings (SSSR count). The number of hydrogen-bond donors (Lipinski definition) is 0. The van der Waals surface area contributed by atoms with Crippen molar-refractivity contribution in [3.05, 3.63) is 65.9 Å². The number of para-hydroxylation sites is 1. The summed E-state index contributed by atoms with van der Waals surface area (Å²) in [5.41, 5.74) is 3.04. The van der Waals surface area contributed by atoms with Crippen LogP contribution in [-0.4, -0.2) is 17.5 Å². The van der Waals surface area contributed by atoms with E-state index in [1.54, 1.807) is 0 Å². The molecule has 0 bridgehead atoms. The summed E-state index contributed by atoms with van der Waals surface area (Å²) in [5, 5.41) is 1.01. The van der Waals surface area contributed by atoms with E-state index in [1.807, 2.05) is 48.7 Å². The van der Waals surface area contributed by atoms with E-state index in [9.17, 15) is 4.79 Å². The Morgan fingerprint density at radius 1 is 1.14 bits per heavy atom. The zero-order chi connectivity index (χ0) is 15.4. The van der Waals surface area contributed by atoms with Gasteiger partial charge < -0.3 is 9.30 Å². The predicted octanol–water partition coefficient (Wildman–Crippen LogP) is 4.23. The highest BCUT2D eigenvalue weighted by atomic mass is 16.5. The Morgan fingerprint density at radius 3 is 2.82 bits per heavy atom. The highest BCUT2D eigenvalue weighted by molar-refractivity contribution is 5.97. The van der Waals surface area contributed by atoms with E-state index in [1.165, 1.54) is 5.56 Å². The first kappa shape index (κ1) is 14.4. The molecule has 0 atom stereocenters. The van der Waals surface area contributed by atoms with Crippen molar-refractivity contribution >= 4 is 17.2 Å². The van der Waals surface area contributed by atoms with Gasteiger partial charge in [0.1, 0.15) is 5.75 Å². The van der Waals surface area contributed by atoms with E-state index in [0.717, 1.165) is 41.5 Å². The number of aldehydes is 1. The maximum Gasteiger partial charge on any atom is 0.152 e. The maximum atomic E-state index is 11.1. The highest BCUT2D eigenvalue weighted by Gasteiger charge is 2.06. The maximum absolute atomic E-state index is 11.1. The molecule has 22 heavy (non-hydrogen) atoms. The number of carbonyl (C=O) groups excluding carboxylic acids is 1. The van der Waals surface area contributed by atoms with Gasteiger partial charge in [-0.15, -0.1) is 0 Å². The lowest BCUT2D eigenvalue weighted by molar-refractivity contribution is 0.112. The minimum atomic E-state index is 0.659. The van der Waals surface area contributed by atoms with Gasteiger partial charge in [-0.1, -0.05) is 30.3 Å². The summed E-state index contributed by atoms with van der Waals surface area (Å²) in [6.07, 6.45) is 3.73. The average Bonchev–Trinajstić information content (AvgIpc) is 2.90. The molecule has 0 radical (unpaired) electrons. The molecule has 0 unspecified atom stereocenters. The number of rotatable bonds is 6. The van der Waals surface area contributed by atoms with Gasteiger partial charge in [-0.2, -0.15) is 0 Å². The number of carbonyl (C=O) groups is 1. The van der Waals surface area contributed by atoms with Gasteiger partial charge in [0.25, 0.3) is 0 Å². The van der Waals surface area contributed by atoms with Gasteiger partial charge in [-0.05, 0) is 37.1 Å². The second-order valence-electron chi connectivity index (χ2n) is 5.43. The molecule has 0 aliphatic carbocycles. The lowest BCUT2D eigenvalue weighted by Crippen LogP contribution is -2.03. The van der Waals surface area contributed by atoms with Crippen molar-refractivity contribution < 1.29 is 9.53 Å². The Kier molecular flexibility index (Phi) is 4.24. The van der Waals surface area contributed by atoms with Crippen LogP contribution in [0.5, 0.6) is 5.75 Å². The second-order valence-corrected chi connectivity index (χ2v) is 5.43. The van der Waals surface area contributed by atoms with Crippen molar-refractivity contribution in [1.82, 2.24) is 4.57 Å². The Morgan fingerprint density at radius 2 is 2.00 bits per heavy atom. The quantitative estimate of drug-likeness (QED) is 0.503. The summed E-state index contributed by atoms with van der Waals surface area (Å²) in [5.74, 6) is 0.908. The number of benzene rings is 2. The lowest BCUT2D eigenvalue weighted by atomic mass is 10.2. The number of aryl methyl sites for hydroxylation is 2. The molecular weight excluding hydrogens is 274 g/mol.